The average Bonchev–Trinajstić information content (AvgIpc) is 2.63. The molecule has 0 amide bonds. The number of hydrazone groups is 1. The molecule has 2 fully saturated rings. The molecule has 0 spiro atoms. The number of carbonyl (C=O) groups is 1. The molecule has 136 valence electrons. The molecule has 2 aliphatic rings. The van der Waals surface area contributed by atoms with Gasteiger partial charge in [0.2, 0.25) is 0 Å². The summed E-state index contributed by atoms with van der Waals surface area (Å²) in [7, 11) is 0. The third kappa shape index (κ3) is 4.67. The molecular formula is C17H26N6O2. The van der Waals surface area contributed by atoms with E-state index in [0.29, 0.717) is 6.04 Å². The van der Waals surface area contributed by atoms with E-state index in [1.54, 1.807) is 12.4 Å². The molecule has 3 N–H and O–H groups in total. The van der Waals surface area contributed by atoms with Gasteiger partial charge >= 0.3 is 5.97 Å². The Hall–Kier alpha value is -2.19. The maximum Gasteiger partial charge on any atom is 0.317 e. The third-order valence-corrected chi connectivity index (χ3v) is 5.06. The van der Waals surface area contributed by atoms with Gasteiger partial charge in [-0.1, -0.05) is 0 Å². The monoisotopic (exact) mass is 346 g/mol. The van der Waals surface area contributed by atoms with Crippen LogP contribution in [0.1, 0.15) is 18.4 Å². The van der Waals surface area contributed by atoms with E-state index in [9.17, 15) is 4.79 Å². The van der Waals surface area contributed by atoms with Crippen LogP contribution in [0.5, 0.6) is 0 Å². The van der Waals surface area contributed by atoms with Gasteiger partial charge in [-0.25, -0.2) is 4.98 Å². The summed E-state index contributed by atoms with van der Waals surface area (Å²) in [4.78, 5) is 22.2. The zero-order valence-corrected chi connectivity index (χ0v) is 14.4. The number of rotatable bonds is 5. The summed E-state index contributed by atoms with van der Waals surface area (Å²) < 4.78 is 0. The number of hydrogen-bond donors (Lipinski definition) is 2. The number of carboxylic acid groups (broad SMARTS) is 1. The minimum atomic E-state index is -0.733. The number of pyridine rings is 1. The number of carboxylic acids is 1. The maximum absolute atomic E-state index is 10.8. The first kappa shape index (κ1) is 17.6. The Balaban J connectivity index is 1.46. The molecule has 2 saturated heterocycles. The summed E-state index contributed by atoms with van der Waals surface area (Å²) in [6, 6.07) is 4.56. The number of aliphatic carboxylic acids is 1. The van der Waals surface area contributed by atoms with E-state index in [0.717, 1.165) is 63.5 Å². The van der Waals surface area contributed by atoms with Crippen molar-refractivity contribution in [3.8, 4) is 0 Å². The smallest absolute Gasteiger partial charge is 0.317 e. The SMILES string of the molecule is NN=Cc1ccc(N2CCN(C3CCN(CC(=O)O)CC3)CC2)nc1. The van der Waals surface area contributed by atoms with Crippen molar-refractivity contribution in [2.75, 3.05) is 50.7 Å². The van der Waals surface area contributed by atoms with Crippen LogP contribution in [0, 0.1) is 0 Å². The fraction of sp³-hybridized carbons (Fsp3) is 0.588. The second-order valence-electron chi connectivity index (χ2n) is 6.65. The van der Waals surface area contributed by atoms with Crippen molar-refractivity contribution >= 4 is 18.0 Å². The van der Waals surface area contributed by atoms with E-state index in [2.05, 4.69) is 19.9 Å². The molecular weight excluding hydrogens is 320 g/mol. The Bertz CT molecular complexity index is 590. The quantitative estimate of drug-likeness (QED) is 0.441. The molecule has 1 aromatic heterocycles. The Morgan fingerprint density at radius 1 is 1.24 bits per heavy atom. The molecule has 3 rings (SSSR count). The highest BCUT2D eigenvalue weighted by Gasteiger charge is 2.28. The van der Waals surface area contributed by atoms with Crippen molar-refractivity contribution in [3.05, 3.63) is 23.9 Å². The number of aromatic nitrogens is 1. The Kier molecular flexibility index (Phi) is 5.83. The first-order valence-corrected chi connectivity index (χ1v) is 8.78. The van der Waals surface area contributed by atoms with Gasteiger partial charge in [-0.05, 0) is 25.0 Å². The van der Waals surface area contributed by atoms with Crippen LogP contribution in [0.2, 0.25) is 0 Å². The van der Waals surface area contributed by atoms with Gasteiger partial charge in [0.15, 0.2) is 0 Å². The van der Waals surface area contributed by atoms with Crippen LogP contribution in [0.3, 0.4) is 0 Å². The molecule has 0 atom stereocenters. The van der Waals surface area contributed by atoms with Gasteiger partial charge in [0, 0.05) is 57.1 Å². The molecule has 25 heavy (non-hydrogen) atoms. The first-order valence-electron chi connectivity index (χ1n) is 8.78. The number of nitrogens with zero attached hydrogens (tertiary/aromatic N) is 5. The van der Waals surface area contributed by atoms with E-state index < -0.39 is 5.97 Å². The molecule has 1 aromatic rings. The van der Waals surface area contributed by atoms with E-state index in [1.807, 2.05) is 17.0 Å². The summed E-state index contributed by atoms with van der Waals surface area (Å²) in [5.41, 5.74) is 0.901. The lowest BCUT2D eigenvalue weighted by Crippen LogP contribution is -2.53. The number of piperidine rings is 1. The molecule has 8 nitrogen and oxygen atoms in total. The highest BCUT2D eigenvalue weighted by molar-refractivity contribution is 5.79. The zero-order chi connectivity index (χ0) is 17.6. The lowest BCUT2D eigenvalue weighted by Gasteiger charge is -2.42. The van der Waals surface area contributed by atoms with Gasteiger partial charge in [-0.15, -0.1) is 0 Å². The van der Waals surface area contributed by atoms with Gasteiger partial charge < -0.3 is 15.8 Å². The normalized spacial score (nSPS) is 21.0. The Morgan fingerprint density at radius 3 is 2.52 bits per heavy atom. The number of likely N-dealkylation sites (tertiary alicyclic amines) is 1. The molecule has 0 unspecified atom stereocenters. The zero-order valence-electron chi connectivity index (χ0n) is 14.4. The van der Waals surface area contributed by atoms with E-state index >= 15 is 0 Å². The molecule has 0 aromatic carbocycles. The van der Waals surface area contributed by atoms with Crippen molar-refractivity contribution < 1.29 is 9.90 Å². The lowest BCUT2D eigenvalue weighted by molar-refractivity contribution is -0.138. The number of nitrogens with two attached hydrogens (primary N) is 1. The Labute approximate surface area is 147 Å². The molecule has 2 aliphatic heterocycles. The van der Waals surface area contributed by atoms with Crippen molar-refractivity contribution in [2.45, 2.75) is 18.9 Å². The molecule has 8 heteroatoms. The number of hydrogen-bond acceptors (Lipinski definition) is 7. The highest BCUT2D eigenvalue weighted by Crippen LogP contribution is 2.20. The van der Waals surface area contributed by atoms with Gasteiger partial charge in [0.25, 0.3) is 0 Å². The highest BCUT2D eigenvalue weighted by atomic mass is 16.4. The minimum Gasteiger partial charge on any atom is -0.480 e. The van der Waals surface area contributed by atoms with Crippen LogP contribution in [0.15, 0.2) is 23.4 Å². The summed E-state index contributed by atoms with van der Waals surface area (Å²) in [5, 5.41) is 12.4. The first-order chi connectivity index (χ1) is 12.2. The topological polar surface area (TPSA) is 98.3 Å². The summed E-state index contributed by atoms with van der Waals surface area (Å²) >= 11 is 0. The van der Waals surface area contributed by atoms with Crippen LogP contribution in [-0.2, 0) is 4.79 Å². The summed E-state index contributed by atoms with van der Waals surface area (Å²) in [6.07, 6.45) is 5.49. The van der Waals surface area contributed by atoms with E-state index in [1.165, 1.54) is 0 Å². The molecule has 0 radical (unpaired) electrons. The Morgan fingerprint density at radius 2 is 1.96 bits per heavy atom. The predicted octanol–water partition coefficient (Wildman–Crippen LogP) is 0.0452. The molecule has 0 aliphatic carbocycles. The summed E-state index contributed by atoms with van der Waals surface area (Å²) in [5.74, 6) is 5.41. The van der Waals surface area contributed by atoms with Crippen molar-refractivity contribution in [3.63, 3.8) is 0 Å². The van der Waals surface area contributed by atoms with Gasteiger partial charge in [-0.2, -0.15) is 5.10 Å². The minimum absolute atomic E-state index is 0.164. The molecule has 0 saturated carbocycles. The van der Waals surface area contributed by atoms with Gasteiger partial charge in [0.05, 0.1) is 12.8 Å². The van der Waals surface area contributed by atoms with Crippen molar-refractivity contribution in [2.24, 2.45) is 10.9 Å². The van der Waals surface area contributed by atoms with Gasteiger partial charge in [-0.3, -0.25) is 14.6 Å². The standard InChI is InChI=1S/C17H26N6O2/c18-20-12-14-1-2-16(19-11-14)23-9-7-22(8-10-23)15-3-5-21(6-4-15)13-17(24)25/h1-2,11-12,15H,3-10,13,18H2,(H,24,25). The van der Waals surface area contributed by atoms with Crippen LogP contribution >= 0.6 is 0 Å². The third-order valence-electron chi connectivity index (χ3n) is 5.06. The number of piperazine rings is 1. The van der Waals surface area contributed by atoms with Crippen LogP contribution < -0.4 is 10.7 Å². The fourth-order valence-corrected chi connectivity index (χ4v) is 3.70. The molecule has 3 heterocycles. The van der Waals surface area contributed by atoms with Crippen LogP contribution in [0.4, 0.5) is 5.82 Å². The second-order valence-corrected chi connectivity index (χ2v) is 6.65. The summed E-state index contributed by atoms with van der Waals surface area (Å²) in [6.45, 7) is 5.90. The van der Waals surface area contributed by atoms with E-state index in [-0.39, 0.29) is 6.54 Å². The van der Waals surface area contributed by atoms with E-state index in [4.69, 9.17) is 10.9 Å². The second kappa shape index (κ2) is 8.26. The largest absolute Gasteiger partial charge is 0.480 e. The lowest BCUT2D eigenvalue weighted by atomic mass is 10.0. The van der Waals surface area contributed by atoms with Crippen molar-refractivity contribution in [1.29, 1.82) is 0 Å². The molecule has 0 bridgehead atoms. The fourth-order valence-electron chi connectivity index (χ4n) is 3.70. The van der Waals surface area contributed by atoms with Gasteiger partial charge in [0.1, 0.15) is 5.82 Å². The maximum atomic E-state index is 10.8. The van der Waals surface area contributed by atoms with Crippen LogP contribution in [0.25, 0.3) is 0 Å². The average molecular weight is 346 g/mol. The van der Waals surface area contributed by atoms with Crippen LogP contribution in [-0.4, -0.2) is 83.9 Å². The van der Waals surface area contributed by atoms with Crippen molar-refractivity contribution in [1.82, 2.24) is 14.8 Å². The predicted molar refractivity (Wildman–Crippen MR) is 96.9 cm³/mol. The number of anilines is 1.